The van der Waals surface area contributed by atoms with Crippen molar-refractivity contribution in [2.24, 2.45) is 0 Å². The van der Waals surface area contributed by atoms with E-state index in [0.717, 1.165) is 18.9 Å². The van der Waals surface area contributed by atoms with E-state index in [4.69, 9.17) is 23.2 Å². The molecule has 2 heterocycles. The molecule has 1 saturated heterocycles. The van der Waals surface area contributed by atoms with Crippen LogP contribution in [0.1, 0.15) is 11.4 Å². The molecule has 0 atom stereocenters. The molecule has 0 amide bonds. The van der Waals surface area contributed by atoms with E-state index in [1.807, 2.05) is 13.1 Å². The number of hydrogen-bond donors (Lipinski definition) is 0. The van der Waals surface area contributed by atoms with Crippen molar-refractivity contribution in [1.82, 2.24) is 18.8 Å². The van der Waals surface area contributed by atoms with Crippen LogP contribution in [0.3, 0.4) is 0 Å². The van der Waals surface area contributed by atoms with Gasteiger partial charge < -0.3 is 4.57 Å². The number of aromatic nitrogens is 2. The highest BCUT2D eigenvalue weighted by atomic mass is 35.5. The van der Waals surface area contributed by atoms with Crippen LogP contribution in [0.25, 0.3) is 0 Å². The topological polar surface area (TPSA) is 58.4 Å². The van der Waals surface area contributed by atoms with Gasteiger partial charge in [-0.3, -0.25) is 4.90 Å². The van der Waals surface area contributed by atoms with Crippen LogP contribution in [-0.2, 0) is 16.6 Å². The van der Waals surface area contributed by atoms with Gasteiger partial charge in [-0.25, -0.2) is 13.4 Å². The molecule has 1 aliphatic rings. The van der Waals surface area contributed by atoms with Crippen LogP contribution in [0.4, 0.5) is 0 Å². The predicted octanol–water partition coefficient (Wildman–Crippen LogP) is 2.81. The van der Waals surface area contributed by atoms with Crippen molar-refractivity contribution in [2.45, 2.75) is 25.3 Å². The molecule has 0 bridgehead atoms. The number of sulfonamides is 1. The molecule has 0 aliphatic carbocycles. The first-order valence-corrected chi connectivity index (χ1v) is 10.6. The Morgan fingerprint density at radius 2 is 1.73 bits per heavy atom. The van der Waals surface area contributed by atoms with Gasteiger partial charge in [-0.1, -0.05) is 23.2 Å². The molecule has 0 unspecified atom stereocenters. The summed E-state index contributed by atoms with van der Waals surface area (Å²) >= 11 is 12.2. The minimum absolute atomic E-state index is 0.128. The van der Waals surface area contributed by atoms with E-state index < -0.39 is 10.0 Å². The van der Waals surface area contributed by atoms with E-state index in [0.29, 0.717) is 36.8 Å². The Hall–Kier alpha value is -1.12. The second-order valence-electron chi connectivity index (χ2n) is 6.45. The van der Waals surface area contributed by atoms with Crippen LogP contribution < -0.4 is 0 Å². The summed E-state index contributed by atoms with van der Waals surface area (Å²) in [5.74, 6) is 0.985. The van der Waals surface area contributed by atoms with Crippen LogP contribution >= 0.6 is 23.2 Å². The van der Waals surface area contributed by atoms with Crippen molar-refractivity contribution in [3.8, 4) is 0 Å². The summed E-state index contributed by atoms with van der Waals surface area (Å²) < 4.78 is 29.5. The lowest BCUT2D eigenvalue weighted by atomic mass is 10.2. The van der Waals surface area contributed by atoms with Gasteiger partial charge in [0.2, 0.25) is 10.0 Å². The van der Waals surface area contributed by atoms with Crippen molar-refractivity contribution < 1.29 is 8.42 Å². The number of halogens is 2. The van der Waals surface area contributed by atoms with E-state index in [1.165, 1.54) is 10.4 Å². The highest BCUT2D eigenvalue weighted by molar-refractivity contribution is 7.89. The summed E-state index contributed by atoms with van der Waals surface area (Å²) in [5.41, 5.74) is 0.698. The second-order valence-corrected chi connectivity index (χ2v) is 9.17. The summed E-state index contributed by atoms with van der Waals surface area (Å²) in [6.07, 6.45) is 3.75. The maximum atomic E-state index is 12.9. The predicted molar refractivity (Wildman–Crippen MR) is 103 cm³/mol. The number of piperazine rings is 1. The van der Waals surface area contributed by atoms with Crippen LogP contribution in [-0.4, -0.2) is 59.9 Å². The van der Waals surface area contributed by atoms with Crippen LogP contribution in [0.2, 0.25) is 10.0 Å². The Kier molecular flexibility index (Phi) is 5.94. The smallest absolute Gasteiger partial charge is 0.244 e. The molecule has 6 nitrogen and oxygen atoms in total. The molecule has 1 fully saturated rings. The summed E-state index contributed by atoms with van der Waals surface area (Å²) in [4.78, 5) is 6.61. The van der Waals surface area contributed by atoms with Gasteiger partial charge in [0.1, 0.15) is 10.7 Å². The SMILES string of the molecule is Cc1cc(S(=O)(=O)N2CCN(CCn3ccnc3C)CC2)c(Cl)cc1Cl. The average molecular weight is 417 g/mol. The highest BCUT2D eigenvalue weighted by Gasteiger charge is 2.30. The van der Waals surface area contributed by atoms with Gasteiger partial charge in [0, 0.05) is 56.7 Å². The van der Waals surface area contributed by atoms with Crippen molar-refractivity contribution in [2.75, 3.05) is 32.7 Å². The standard InChI is InChI=1S/C17H22Cl2N4O2S/c1-13-11-17(16(19)12-15(13)18)26(24,25)23-9-6-21(7-10-23)5-8-22-4-3-20-14(22)2/h3-4,11-12H,5-10H2,1-2H3. The Balaban J connectivity index is 1.64. The zero-order valence-corrected chi connectivity index (χ0v) is 17.1. The first kappa shape index (κ1) is 19.6. The lowest BCUT2D eigenvalue weighted by Gasteiger charge is -2.34. The average Bonchev–Trinajstić information content (AvgIpc) is 3.01. The second kappa shape index (κ2) is 7.86. The van der Waals surface area contributed by atoms with Crippen LogP contribution in [0, 0.1) is 13.8 Å². The molecule has 9 heteroatoms. The largest absolute Gasteiger partial charge is 0.334 e. The van der Waals surface area contributed by atoms with Gasteiger partial charge in [0.05, 0.1) is 5.02 Å². The molecule has 0 N–H and O–H groups in total. The Morgan fingerprint density at radius 1 is 1.04 bits per heavy atom. The fourth-order valence-corrected chi connectivity index (χ4v) is 5.28. The normalized spacial score (nSPS) is 16.9. The molecule has 1 aromatic heterocycles. The lowest BCUT2D eigenvalue weighted by molar-refractivity contribution is 0.182. The molecule has 0 saturated carbocycles. The number of imidazole rings is 1. The molecular weight excluding hydrogens is 395 g/mol. The molecule has 1 aromatic carbocycles. The quantitative estimate of drug-likeness (QED) is 0.751. The van der Waals surface area contributed by atoms with Crippen LogP contribution in [0.15, 0.2) is 29.4 Å². The summed E-state index contributed by atoms with van der Waals surface area (Å²) in [6, 6.07) is 3.04. The van der Waals surface area contributed by atoms with Crippen molar-refractivity contribution >= 4 is 33.2 Å². The van der Waals surface area contributed by atoms with E-state index in [2.05, 4.69) is 14.5 Å². The van der Waals surface area contributed by atoms with E-state index in [9.17, 15) is 8.42 Å². The van der Waals surface area contributed by atoms with Gasteiger partial charge in [-0.05, 0) is 31.5 Å². The molecule has 142 valence electrons. The summed E-state index contributed by atoms with van der Waals surface area (Å²) in [6.45, 7) is 7.74. The Labute approximate surface area is 164 Å². The maximum absolute atomic E-state index is 12.9. The monoisotopic (exact) mass is 416 g/mol. The Bertz CT molecular complexity index is 890. The highest BCUT2D eigenvalue weighted by Crippen LogP contribution is 2.30. The molecule has 1 aliphatic heterocycles. The molecule has 0 spiro atoms. The zero-order valence-electron chi connectivity index (χ0n) is 14.8. The zero-order chi connectivity index (χ0) is 18.9. The first-order chi connectivity index (χ1) is 12.3. The number of nitrogens with zero attached hydrogens (tertiary/aromatic N) is 4. The third-order valence-electron chi connectivity index (χ3n) is 4.74. The number of aryl methyl sites for hydroxylation is 2. The number of benzene rings is 1. The van der Waals surface area contributed by atoms with Gasteiger partial charge >= 0.3 is 0 Å². The fourth-order valence-electron chi connectivity index (χ4n) is 3.05. The number of hydrogen-bond acceptors (Lipinski definition) is 4. The minimum atomic E-state index is -3.62. The summed E-state index contributed by atoms with van der Waals surface area (Å²) in [7, 11) is -3.62. The van der Waals surface area contributed by atoms with Crippen molar-refractivity contribution in [3.63, 3.8) is 0 Å². The third-order valence-corrected chi connectivity index (χ3v) is 7.51. The van der Waals surface area contributed by atoms with Crippen molar-refractivity contribution in [3.05, 3.63) is 46.0 Å². The van der Waals surface area contributed by atoms with Crippen LogP contribution in [0.5, 0.6) is 0 Å². The fraction of sp³-hybridized carbons (Fsp3) is 0.471. The third kappa shape index (κ3) is 4.07. The maximum Gasteiger partial charge on any atom is 0.244 e. The van der Waals surface area contributed by atoms with E-state index in [1.54, 1.807) is 19.2 Å². The van der Waals surface area contributed by atoms with E-state index in [-0.39, 0.29) is 9.92 Å². The molecule has 3 rings (SSSR count). The number of rotatable bonds is 5. The van der Waals surface area contributed by atoms with Gasteiger partial charge in [0.15, 0.2) is 0 Å². The van der Waals surface area contributed by atoms with Gasteiger partial charge in [0.25, 0.3) is 0 Å². The molecular formula is C17H22Cl2N4O2S. The summed E-state index contributed by atoms with van der Waals surface area (Å²) in [5, 5.41) is 0.632. The minimum Gasteiger partial charge on any atom is -0.334 e. The van der Waals surface area contributed by atoms with Gasteiger partial charge in [-0.2, -0.15) is 4.31 Å². The lowest BCUT2D eigenvalue weighted by Crippen LogP contribution is -2.49. The first-order valence-electron chi connectivity index (χ1n) is 8.45. The Morgan fingerprint density at radius 3 is 2.35 bits per heavy atom. The van der Waals surface area contributed by atoms with Crippen molar-refractivity contribution in [1.29, 1.82) is 0 Å². The molecule has 2 aromatic rings. The van der Waals surface area contributed by atoms with Gasteiger partial charge in [-0.15, -0.1) is 0 Å². The van der Waals surface area contributed by atoms with E-state index >= 15 is 0 Å². The molecule has 26 heavy (non-hydrogen) atoms. The molecule has 0 radical (unpaired) electrons.